The van der Waals surface area contributed by atoms with Crippen LogP contribution in [0.15, 0.2) is 24.3 Å². The van der Waals surface area contributed by atoms with E-state index in [0.717, 1.165) is 31.7 Å². The second-order valence-corrected chi connectivity index (χ2v) is 7.32. The van der Waals surface area contributed by atoms with E-state index in [9.17, 15) is 8.42 Å². The maximum absolute atomic E-state index is 11.0. The van der Waals surface area contributed by atoms with Crippen molar-refractivity contribution in [3.63, 3.8) is 0 Å². The van der Waals surface area contributed by atoms with Crippen LogP contribution in [-0.2, 0) is 10.0 Å². The first-order valence-corrected chi connectivity index (χ1v) is 9.21. The van der Waals surface area contributed by atoms with Crippen molar-refractivity contribution >= 4 is 10.0 Å². The van der Waals surface area contributed by atoms with Gasteiger partial charge in [-0.05, 0) is 50.0 Å². The van der Waals surface area contributed by atoms with Crippen LogP contribution in [0.3, 0.4) is 0 Å². The van der Waals surface area contributed by atoms with Crippen molar-refractivity contribution in [1.29, 1.82) is 0 Å². The second-order valence-electron chi connectivity index (χ2n) is 5.49. The van der Waals surface area contributed by atoms with Crippen LogP contribution in [0.1, 0.15) is 30.9 Å². The third kappa shape index (κ3) is 4.98. The van der Waals surface area contributed by atoms with Gasteiger partial charge in [-0.2, -0.15) is 0 Å². The fraction of sp³-hybridized carbons (Fsp3) is 0.600. The molecule has 1 saturated heterocycles. The van der Waals surface area contributed by atoms with Gasteiger partial charge < -0.3 is 4.74 Å². The summed E-state index contributed by atoms with van der Waals surface area (Å²) in [7, 11) is -1.40. The van der Waals surface area contributed by atoms with Crippen LogP contribution < -0.4 is 9.46 Å². The lowest BCUT2D eigenvalue weighted by Crippen LogP contribution is -2.29. The summed E-state index contributed by atoms with van der Waals surface area (Å²) in [5.74, 6) is 0.887. The van der Waals surface area contributed by atoms with Crippen molar-refractivity contribution in [2.24, 2.45) is 0 Å². The first kappa shape index (κ1) is 16.3. The lowest BCUT2D eigenvalue weighted by atomic mass is 10.0. The van der Waals surface area contributed by atoms with E-state index < -0.39 is 10.0 Å². The highest BCUT2D eigenvalue weighted by molar-refractivity contribution is 7.88. The molecule has 1 aliphatic rings. The Hall–Kier alpha value is -1.11. The molecule has 1 fully saturated rings. The molecular formula is C15H24N2O3S. The molecule has 1 heterocycles. The number of likely N-dealkylation sites (tertiary alicyclic amines) is 1. The van der Waals surface area contributed by atoms with Gasteiger partial charge in [0.15, 0.2) is 0 Å². The van der Waals surface area contributed by atoms with E-state index in [1.807, 2.05) is 12.1 Å². The van der Waals surface area contributed by atoms with E-state index in [2.05, 4.69) is 21.8 Å². The van der Waals surface area contributed by atoms with Crippen molar-refractivity contribution in [3.05, 3.63) is 29.8 Å². The van der Waals surface area contributed by atoms with E-state index in [0.29, 0.717) is 12.6 Å². The molecule has 0 aliphatic carbocycles. The summed E-state index contributed by atoms with van der Waals surface area (Å²) in [4.78, 5) is 2.43. The fourth-order valence-corrected chi connectivity index (χ4v) is 3.37. The minimum absolute atomic E-state index is 0.415. The Morgan fingerprint density at radius 2 is 2.24 bits per heavy atom. The molecule has 1 aromatic carbocycles. The van der Waals surface area contributed by atoms with Gasteiger partial charge in [0.25, 0.3) is 0 Å². The summed E-state index contributed by atoms with van der Waals surface area (Å²) in [6.45, 7) is 2.48. The van der Waals surface area contributed by atoms with Gasteiger partial charge in [-0.25, -0.2) is 13.1 Å². The normalized spacial score (nSPS) is 19.8. The summed E-state index contributed by atoms with van der Waals surface area (Å²) >= 11 is 0. The molecule has 1 aromatic rings. The van der Waals surface area contributed by atoms with Crippen molar-refractivity contribution in [1.82, 2.24) is 9.62 Å². The average molecular weight is 312 g/mol. The van der Waals surface area contributed by atoms with Crippen molar-refractivity contribution in [2.45, 2.75) is 25.3 Å². The highest BCUT2D eigenvalue weighted by atomic mass is 32.2. The molecule has 0 amide bonds. The fourth-order valence-electron chi connectivity index (χ4n) is 2.86. The highest BCUT2D eigenvalue weighted by Crippen LogP contribution is 2.33. The molecule has 0 bridgehead atoms. The molecule has 21 heavy (non-hydrogen) atoms. The Bertz CT molecular complexity index is 560. The second kappa shape index (κ2) is 7.24. The van der Waals surface area contributed by atoms with Crippen LogP contribution in [0, 0.1) is 0 Å². The highest BCUT2D eigenvalue weighted by Gasteiger charge is 2.25. The molecule has 1 aliphatic heterocycles. The number of ether oxygens (including phenoxy) is 1. The summed E-state index contributed by atoms with van der Waals surface area (Å²) in [5.41, 5.74) is 1.28. The topological polar surface area (TPSA) is 58.6 Å². The molecular weight excluding hydrogens is 288 g/mol. The molecule has 1 N–H and O–H groups in total. The van der Waals surface area contributed by atoms with Crippen LogP contribution in [0.2, 0.25) is 0 Å². The van der Waals surface area contributed by atoms with Crippen LogP contribution in [0.4, 0.5) is 0 Å². The Balaban J connectivity index is 1.90. The molecule has 0 unspecified atom stereocenters. The minimum atomic E-state index is -3.08. The zero-order chi connectivity index (χ0) is 15.3. The summed E-state index contributed by atoms with van der Waals surface area (Å²) < 4.78 is 29.9. The molecule has 1 atom stereocenters. The quantitative estimate of drug-likeness (QED) is 0.780. The van der Waals surface area contributed by atoms with Gasteiger partial charge in [-0.15, -0.1) is 0 Å². The number of sulfonamides is 1. The Morgan fingerprint density at radius 3 is 2.95 bits per heavy atom. The van der Waals surface area contributed by atoms with E-state index >= 15 is 0 Å². The maximum atomic E-state index is 11.0. The van der Waals surface area contributed by atoms with E-state index in [1.54, 1.807) is 7.11 Å². The van der Waals surface area contributed by atoms with E-state index in [1.165, 1.54) is 18.2 Å². The first-order chi connectivity index (χ1) is 9.99. The lowest BCUT2D eigenvalue weighted by Gasteiger charge is -2.25. The molecule has 0 saturated carbocycles. The zero-order valence-electron chi connectivity index (χ0n) is 12.7. The molecule has 0 radical (unpaired) electrons. The van der Waals surface area contributed by atoms with Gasteiger partial charge in [0, 0.05) is 12.6 Å². The van der Waals surface area contributed by atoms with Crippen molar-refractivity contribution < 1.29 is 13.2 Å². The van der Waals surface area contributed by atoms with Crippen LogP contribution in [0.5, 0.6) is 5.75 Å². The standard InChI is InChI=1S/C15H24N2O3S/c1-20-14-7-3-6-13(12-14)15-8-4-10-17(15)11-5-9-16-21(2,18)19/h3,6-7,12,15-16H,4-5,8-11H2,1-2H3/t15-/m0/s1. The number of nitrogens with one attached hydrogen (secondary N) is 1. The van der Waals surface area contributed by atoms with Gasteiger partial charge in [0.1, 0.15) is 5.75 Å². The largest absolute Gasteiger partial charge is 0.497 e. The van der Waals surface area contributed by atoms with E-state index in [4.69, 9.17) is 4.74 Å². The van der Waals surface area contributed by atoms with Crippen LogP contribution in [0.25, 0.3) is 0 Å². The maximum Gasteiger partial charge on any atom is 0.208 e. The summed E-state index contributed by atoms with van der Waals surface area (Å²) in [5, 5.41) is 0. The first-order valence-electron chi connectivity index (χ1n) is 7.32. The molecule has 0 spiro atoms. The van der Waals surface area contributed by atoms with Gasteiger partial charge in [-0.1, -0.05) is 12.1 Å². The number of hydrogen-bond donors (Lipinski definition) is 1. The number of hydrogen-bond acceptors (Lipinski definition) is 4. The third-order valence-corrected chi connectivity index (χ3v) is 4.56. The van der Waals surface area contributed by atoms with E-state index in [-0.39, 0.29) is 0 Å². The smallest absolute Gasteiger partial charge is 0.208 e. The predicted octanol–water partition coefficient (Wildman–Crippen LogP) is 1.77. The number of rotatable bonds is 7. The number of benzene rings is 1. The monoisotopic (exact) mass is 312 g/mol. The lowest BCUT2D eigenvalue weighted by molar-refractivity contribution is 0.254. The molecule has 6 heteroatoms. The van der Waals surface area contributed by atoms with Gasteiger partial charge in [0.2, 0.25) is 10.0 Å². The number of nitrogens with zero attached hydrogens (tertiary/aromatic N) is 1. The molecule has 0 aromatic heterocycles. The van der Waals surface area contributed by atoms with Gasteiger partial charge >= 0.3 is 0 Å². The summed E-state index contributed by atoms with van der Waals surface area (Å²) in [6.07, 6.45) is 4.35. The minimum Gasteiger partial charge on any atom is -0.497 e. The molecule has 5 nitrogen and oxygen atoms in total. The third-order valence-electron chi connectivity index (χ3n) is 3.83. The van der Waals surface area contributed by atoms with Crippen LogP contribution >= 0.6 is 0 Å². The number of methoxy groups -OCH3 is 1. The van der Waals surface area contributed by atoms with Gasteiger partial charge in [0.05, 0.1) is 13.4 Å². The van der Waals surface area contributed by atoms with Crippen molar-refractivity contribution in [3.8, 4) is 5.75 Å². The molecule has 2 rings (SSSR count). The SMILES string of the molecule is COc1cccc([C@@H]2CCCN2CCCNS(C)(=O)=O)c1. The van der Waals surface area contributed by atoms with Crippen molar-refractivity contribution in [2.75, 3.05) is 33.0 Å². The van der Waals surface area contributed by atoms with Gasteiger partial charge in [-0.3, -0.25) is 4.90 Å². The molecule has 118 valence electrons. The zero-order valence-corrected chi connectivity index (χ0v) is 13.5. The Labute approximate surface area is 127 Å². The Morgan fingerprint density at radius 1 is 1.43 bits per heavy atom. The van der Waals surface area contributed by atoms with Crippen LogP contribution in [-0.4, -0.2) is 46.3 Å². The average Bonchev–Trinajstić information content (AvgIpc) is 2.91. The predicted molar refractivity (Wildman–Crippen MR) is 84.0 cm³/mol. The summed E-state index contributed by atoms with van der Waals surface area (Å²) in [6, 6.07) is 8.63. The Kier molecular flexibility index (Phi) is 5.61.